The van der Waals surface area contributed by atoms with Crippen LogP contribution in [0.25, 0.3) is 10.9 Å². The Bertz CT molecular complexity index is 718. The molecule has 1 saturated heterocycles. The van der Waals surface area contributed by atoms with Crippen LogP contribution in [0.15, 0.2) is 30.3 Å². The average molecular weight is 319 g/mol. The third-order valence-electron chi connectivity index (χ3n) is 3.69. The molecule has 1 aliphatic heterocycles. The Kier molecular flexibility index (Phi) is 3.73. The maximum absolute atomic E-state index is 12.0. The minimum atomic E-state index is -0.463. The van der Waals surface area contributed by atoms with Crippen molar-refractivity contribution in [3.63, 3.8) is 0 Å². The molecule has 4 nitrogen and oxygen atoms in total. The first-order valence-electron chi connectivity index (χ1n) is 7.36. The summed E-state index contributed by atoms with van der Waals surface area (Å²) in [5.74, 6) is 0.276. The van der Waals surface area contributed by atoms with E-state index in [9.17, 15) is 4.79 Å². The van der Waals surface area contributed by atoms with E-state index in [1.54, 1.807) is 4.90 Å². The van der Waals surface area contributed by atoms with Crippen molar-refractivity contribution in [1.82, 2.24) is 9.88 Å². The summed E-state index contributed by atoms with van der Waals surface area (Å²) in [6, 6.07) is 9.84. The van der Waals surface area contributed by atoms with E-state index in [2.05, 4.69) is 4.98 Å². The summed E-state index contributed by atoms with van der Waals surface area (Å²) < 4.78 is 5.39. The van der Waals surface area contributed by atoms with E-state index in [-0.39, 0.29) is 12.0 Å². The molecule has 0 atom stereocenters. The molecule has 3 rings (SSSR count). The Labute approximate surface area is 135 Å². The molecule has 5 heteroatoms. The second-order valence-electron chi connectivity index (χ2n) is 6.63. The number of hydrogen-bond donors (Lipinski definition) is 0. The van der Waals surface area contributed by atoms with Gasteiger partial charge in [0.1, 0.15) is 10.8 Å². The molecule has 0 aliphatic carbocycles. The predicted molar refractivity (Wildman–Crippen MR) is 87.3 cm³/mol. The highest BCUT2D eigenvalue weighted by Crippen LogP contribution is 2.34. The number of amides is 1. The first-order valence-corrected chi connectivity index (χ1v) is 7.74. The van der Waals surface area contributed by atoms with Crippen molar-refractivity contribution < 1.29 is 9.53 Å². The molecule has 1 fully saturated rings. The standard InChI is InChI=1S/C17H19ClN2O2/c1-17(2,3)22-16(21)20-9-11(10-20)13-8-15(18)19-14-7-5-4-6-12(13)14/h4-8,11H,9-10H2,1-3H3. The van der Waals surface area contributed by atoms with E-state index in [1.807, 2.05) is 51.1 Å². The topological polar surface area (TPSA) is 42.4 Å². The lowest BCUT2D eigenvalue weighted by Crippen LogP contribution is -2.50. The highest BCUT2D eigenvalue weighted by Gasteiger charge is 2.35. The number of hydrogen-bond acceptors (Lipinski definition) is 3. The average Bonchev–Trinajstić information content (AvgIpc) is 2.34. The van der Waals surface area contributed by atoms with Crippen molar-refractivity contribution in [2.75, 3.05) is 13.1 Å². The zero-order valence-corrected chi connectivity index (χ0v) is 13.7. The molecule has 0 radical (unpaired) electrons. The number of aromatic nitrogens is 1. The van der Waals surface area contributed by atoms with Gasteiger partial charge in [-0.25, -0.2) is 9.78 Å². The van der Waals surface area contributed by atoms with Crippen LogP contribution in [0.4, 0.5) is 4.79 Å². The molecular formula is C17H19ClN2O2. The maximum atomic E-state index is 12.0. The summed E-state index contributed by atoms with van der Waals surface area (Å²) in [5.41, 5.74) is 1.57. The van der Waals surface area contributed by atoms with E-state index >= 15 is 0 Å². The zero-order valence-electron chi connectivity index (χ0n) is 13.0. The van der Waals surface area contributed by atoms with Crippen molar-refractivity contribution in [3.8, 4) is 0 Å². The van der Waals surface area contributed by atoms with Crippen LogP contribution in [0.1, 0.15) is 32.3 Å². The second kappa shape index (κ2) is 5.43. The number of likely N-dealkylation sites (tertiary alicyclic amines) is 1. The van der Waals surface area contributed by atoms with Gasteiger partial charge in [0.2, 0.25) is 0 Å². The molecule has 2 heterocycles. The quantitative estimate of drug-likeness (QED) is 0.739. The van der Waals surface area contributed by atoms with Gasteiger partial charge in [0, 0.05) is 24.4 Å². The van der Waals surface area contributed by atoms with Gasteiger partial charge in [0.05, 0.1) is 5.52 Å². The molecule has 1 aromatic heterocycles. The number of para-hydroxylation sites is 1. The van der Waals surface area contributed by atoms with Crippen molar-refractivity contribution in [2.45, 2.75) is 32.3 Å². The van der Waals surface area contributed by atoms with Gasteiger partial charge in [-0.2, -0.15) is 0 Å². The molecule has 0 spiro atoms. The Balaban J connectivity index is 1.77. The number of benzene rings is 1. The fourth-order valence-corrected chi connectivity index (χ4v) is 2.87. The fraction of sp³-hybridized carbons (Fsp3) is 0.412. The Morgan fingerprint density at radius 1 is 1.32 bits per heavy atom. The van der Waals surface area contributed by atoms with Crippen LogP contribution >= 0.6 is 11.6 Å². The summed E-state index contributed by atoms with van der Waals surface area (Å²) in [4.78, 5) is 18.1. The lowest BCUT2D eigenvalue weighted by atomic mass is 9.89. The third-order valence-corrected chi connectivity index (χ3v) is 3.88. The van der Waals surface area contributed by atoms with E-state index < -0.39 is 5.60 Å². The molecule has 1 amide bonds. The zero-order chi connectivity index (χ0) is 15.9. The highest BCUT2D eigenvalue weighted by atomic mass is 35.5. The lowest BCUT2D eigenvalue weighted by Gasteiger charge is -2.40. The van der Waals surface area contributed by atoms with Gasteiger partial charge in [-0.1, -0.05) is 29.8 Å². The van der Waals surface area contributed by atoms with Gasteiger partial charge in [0.15, 0.2) is 0 Å². The van der Waals surface area contributed by atoms with Crippen molar-refractivity contribution in [2.24, 2.45) is 0 Å². The molecule has 1 aromatic carbocycles. The Hall–Kier alpha value is -1.81. The van der Waals surface area contributed by atoms with Crippen molar-refractivity contribution in [1.29, 1.82) is 0 Å². The van der Waals surface area contributed by atoms with Gasteiger partial charge in [-0.3, -0.25) is 0 Å². The smallest absolute Gasteiger partial charge is 0.410 e. The number of fused-ring (bicyclic) bond motifs is 1. The van der Waals surface area contributed by atoms with E-state index in [4.69, 9.17) is 16.3 Å². The van der Waals surface area contributed by atoms with Crippen molar-refractivity contribution in [3.05, 3.63) is 41.0 Å². The van der Waals surface area contributed by atoms with Crippen LogP contribution < -0.4 is 0 Å². The van der Waals surface area contributed by atoms with Gasteiger partial charge in [-0.05, 0) is 38.5 Å². The van der Waals surface area contributed by atoms with Crippen LogP contribution in [0, 0.1) is 0 Å². The number of pyridine rings is 1. The molecule has 0 bridgehead atoms. The largest absolute Gasteiger partial charge is 0.444 e. The second-order valence-corrected chi connectivity index (χ2v) is 7.02. The summed E-state index contributed by atoms with van der Waals surface area (Å²) >= 11 is 6.12. The molecular weight excluding hydrogens is 300 g/mol. The van der Waals surface area contributed by atoms with E-state index in [1.165, 1.54) is 0 Å². The minimum absolute atomic E-state index is 0.256. The van der Waals surface area contributed by atoms with Gasteiger partial charge >= 0.3 is 6.09 Å². The monoisotopic (exact) mass is 318 g/mol. The normalized spacial score (nSPS) is 15.7. The van der Waals surface area contributed by atoms with Crippen molar-refractivity contribution >= 4 is 28.6 Å². The molecule has 1 aliphatic rings. The Morgan fingerprint density at radius 3 is 2.68 bits per heavy atom. The first kappa shape index (κ1) is 15.1. The Morgan fingerprint density at radius 2 is 2.00 bits per heavy atom. The van der Waals surface area contributed by atoms with Gasteiger partial charge < -0.3 is 9.64 Å². The van der Waals surface area contributed by atoms with E-state index in [0.29, 0.717) is 18.2 Å². The summed E-state index contributed by atoms with van der Waals surface area (Å²) in [7, 11) is 0. The minimum Gasteiger partial charge on any atom is -0.444 e. The van der Waals surface area contributed by atoms with Crippen LogP contribution in [0.5, 0.6) is 0 Å². The summed E-state index contributed by atoms with van der Waals surface area (Å²) in [6.45, 7) is 6.92. The lowest BCUT2D eigenvalue weighted by molar-refractivity contribution is 0.00830. The SMILES string of the molecule is CC(C)(C)OC(=O)N1CC(c2cc(Cl)nc3ccccc23)C1. The number of carbonyl (C=O) groups is 1. The van der Waals surface area contributed by atoms with Crippen LogP contribution in [-0.4, -0.2) is 34.7 Å². The third kappa shape index (κ3) is 3.02. The molecule has 0 saturated carbocycles. The number of rotatable bonds is 1. The molecule has 2 aromatic rings. The van der Waals surface area contributed by atoms with Gasteiger partial charge in [0.25, 0.3) is 0 Å². The maximum Gasteiger partial charge on any atom is 0.410 e. The van der Waals surface area contributed by atoms with E-state index in [0.717, 1.165) is 16.5 Å². The fourth-order valence-electron chi connectivity index (χ4n) is 2.66. The summed E-state index contributed by atoms with van der Waals surface area (Å²) in [6.07, 6.45) is -0.256. The number of carbonyl (C=O) groups excluding carboxylic acids is 1. The number of nitrogens with zero attached hydrogens (tertiary/aromatic N) is 2. The number of halogens is 1. The molecule has 22 heavy (non-hydrogen) atoms. The first-order chi connectivity index (χ1) is 10.3. The molecule has 0 unspecified atom stereocenters. The van der Waals surface area contributed by atoms with Gasteiger partial charge in [-0.15, -0.1) is 0 Å². The predicted octanol–water partition coefficient (Wildman–Crippen LogP) is 4.22. The number of ether oxygens (including phenoxy) is 1. The molecule has 0 N–H and O–H groups in total. The van der Waals surface area contributed by atoms with Crippen LogP contribution in [0.3, 0.4) is 0 Å². The van der Waals surface area contributed by atoms with Crippen LogP contribution in [-0.2, 0) is 4.74 Å². The summed E-state index contributed by atoms with van der Waals surface area (Å²) in [5, 5.41) is 1.59. The highest BCUT2D eigenvalue weighted by molar-refractivity contribution is 6.30. The molecule has 116 valence electrons. The van der Waals surface area contributed by atoms with Crippen LogP contribution in [0.2, 0.25) is 5.15 Å².